The van der Waals surface area contributed by atoms with E-state index >= 15 is 0 Å². The van der Waals surface area contributed by atoms with Crippen molar-refractivity contribution in [1.29, 1.82) is 0 Å². The molecule has 2 aromatic carbocycles. The van der Waals surface area contributed by atoms with Crippen LogP contribution in [0.5, 0.6) is 0 Å². The highest BCUT2D eigenvalue weighted by molar-refractivity contribution is 6.06. The fourth-order valence-electron chi connectivity index (χ4n) is 3.72. The van der Waals surface area contributed by atoms with E-state index < -0.39 is 5.91 Å². The zero-order valence-corrected chi connectivity index (χ0v) is 17.3. The van der Waals surface area contributed by atoms with E-state index in [9.17, 15) is 9.59 Å². The molecule has 1 saturated carbocycles. The summed E-state index contributed by atoms with van der Waals surface area (Å²) < 4.78 is 0. The van der Waals surface area contributed by atoms with Gasteiger partial charge < -0.3 is 16.4 Å². The van der Waals surface area contributed by atoms with E-state index in [1.165, 1.54) is 6.33 Å². The number of nitrogens with two attached hydrogens (primary N) is 1. The fraction of sp³-hybridized carbons (Fsp3) is 0.304. The average molecular weight is 403 g/mol. The molecule has 0 saturated heterocycles. The molecule has 1 unspecified atom stereocenters. The number of carbonyl (C=O) groups is 2. The van der Waals surface area contributed by atoms with Gasteiger partial charge in [0.15, 0.2) is 0 Å². The van der Waals surface area contributed by atoms with E-state index in [2.05, 4.69) is 34.4 Å². The first-order chi connectivity index (χ1) is 14.3. The Labute approximate surface area is 175 Å². The Bertz CT molecular complexity index is 1140. The number of nitrogens with zero attached hydrogens (tertiary/aromatic N) is 2. The zero-order chi connectivity index (χ0) is 21.5. The summed E-state index contributed by atoms with van der Waals surface area (Å²) >= 11 is 0. The van der Waals surface area contributed by atoms with E-state index in [0.29, 0.717) is 16.9 Å². The summed E-state index contributed by atoms with van der Waals surface area (Å²) in [5.41, 5.74) is 8.21. The van der Waals surface area contributed by atoms with Crippen molar-refractivity contribution in [1.82, 2.24) is 9.97 Å². The number of hydrogen-bond acceptors (Lipinski definition) is 5. The molecular weight excluding hydrogens is 378 g/mol. The summed E-state index contributed by atoms with van der Waals surface area (Å²) in [4.78, 5) is 32.7. The lowest BCUT2D eigenvalue weighted by Crippen LogP contribution is -2.17. The number of carbonyl (C=O) groups excluding carboxylic acids is 2. The SMILES string of the molecule is CC(Nc1ncnc2c(C(N)=O)cccc12)c1cccc(NC(=O)[C@@H]2CC2(C)C)c1. The third kappa shape index (κ3) is 3.83. The Balaban J connectivity index is 1.55. The molecule has 1 fully saturated rings. The fourth-order valence-corrected chi connectivity index (χ4v) is 3.72. The Morgan fingerprint density at radius 2 is 1.90 bits per heavy atom. The first kappa shape index (κ1) is 19.8. The van der Waals surface area contributed by atoms with Gasteiger partial charge in [0.2, 0.25) is 5.91 Å². The van der Waals surface area contributed by atoms with Gasteiger partial charge in [-0.2, -0.15) is 0 Å². The monoisotopic (exact) mass is 403 g/mol. The van der Waals surface area contributed by atoms with Crippen LogP contribution in [-0.4, -0.2) is 21.8 Å². The minimum atomic E-state index is -0.527. The third-order valence-corrected chi connectivity index (χ3v) is 5.77. The molecule has 3 aromatic rings. The lowest BCUT2D eigenvalue weighted by molar-refractivity contribution is -0.118. The second-order valence-electron chi connectivity index (χ2n) is 8.51. The standard InChI is InChI=1S/C23H25N5O2/c1-13(14-6-4-7-15(10-14)28-22(30)18-11-23(18,2)3)27-21-17-9-5-8-16(20(24)29)19(17)25-12-26-21/h4-10,12-13,18H,11H2,1-3H3,(H2,24,29)(H,28,30)(H,25,26,27)/t13?,18-/m0/s1. The van der Waals surface area contributed by atoms with Crippen molar-refractivity contribution in [2.45, 2.75) is 33.2 Å². The molecular formula is C23H25N5O2. The molecule has 0 aliphatic heterocycles. The second kappa shape index (κ2) is 7.40. The molecule has 0 radical (unpaired) electrons. The van der Waals surface area contributed by atoms with Gasteiger partial charge in [-0.25, -0.2) is 9.97 Å². The van der Waals surface area contributed by atoms with E-state index in [1.54, 1.807) is 12.1 Å². The number of primary amides is 1. The smallest absolute Gasteiger partial charge is 0.250 e. The molecule has 1 aromatic heterocycles. The molecule has 154 valence electrons. The number of amides is 2. The normalized spacial score (nSPS) is 17.9. The highest BCUT2D eigenvalue weighted by Gasteiger charge is 2.50. The maximum atomic E-state index is 12.4. The molecule has 2 amide bonds. The van der Waals surface area contributed by atoms with Gasteiger partial charge in [-0.15, -0.1) is 0 Å². The number of hydrogen-bond donors (Lipinski definition) is 3. The van der Waals surface area contributed by atoms with Gasteiger partial charge in [-0.3, -0.25) is 9.59 Å². The maximum Gasteiger partial charge on any atom is 0.250 e. The van der Waals surface area contributed by atoms with Crippen molar-refractivity contribution in [3.8, 4) is 0 Å². The van der Waals surface area contributed by atoms with Crippen LogP contribution in [-0.2, 0) is 4.79 Å². The van der Waals surface area contributed by atoms with Crippen LogP contribution >= 0.6 is 0 Å². The van der Waals surface area contributed by atoms with Crippen molar-refractivity contribution >= 4 is 34.2 Å². The van der Waals surface area contributed by atoms with E-state index in [-0.39, 0.29) is 23.3 Å². The van der Waals surface area contributed by atoms with Crippen molar-refractivity contribution < 1.29 is 9.59 Å². The number of anilines is 2. The van der Waals surface area contributed by atoms with Crippen LogP contribution < -0.4 is 16.4 Å². The largest absolute Gasteiger partial charge is 0.366 e. The topological polar surface area (TPSA) is 110 Å². The quantitative estimate of drug-likeness (QED) is 0.578. The molecule has 30 heavy (non-hydrogen) atoms. The number of nitrogens with one attached hydrogen (secondary N) is 2. The summed E-state index contributed by atoms with van der Waals surface area (Å²) in [5.74, 6) is 0.229. The summed E-state index contributed by atoms with van der Waals surface area (Å²) in [6, 6.07) is 12.9. The summed E-state index contributed by atoms with van der Waals surface area (Å²) in [7, 11) is 0. The van der Waals surface area contributed by atoms with Gasteiger partial charge in [-0.1, -0.05) is 32.0 Å². The molecule has 2 atom stereocenters. The molecule has 0 bridgehead atoms. The zero-order valence-electron chi connectivity index (χ0n) is 17.3. The van der Waals surface area contributed by atoms with Crippen molar-refractivity contribution in [3.63, 3.8) is 0 Å². The van der Waals surface area contributed by atoms with Gasteiger partial charge in [0.25, 0.3) is 5.91 Å². The Hall–Kier alpha value is -3.48. The van der Waals surface area contributed by atoms with Crippen molar-refractivity contribution in [3.05, 3.63) is 59.9 Å². The summed E-state index contributed by atoms with van der Waals surface area (Å²) in [6.07, 6.45) is 2.34. The van der Waals surface area contributed by atoms with Crippen LogP contribution in [0.2, 0.25) is 0 Å². The van der Waals surface area contributed by atoms with E-state index in [1.807, 2.05) is 37.3 Å². The van der Waals surface area contributed by atoms with Gasteiger partial charge in [-0.05, 0) is 48.6 Å². The lowest BCUT2D eigenvalue weighted by atomic mass is 10.1. The molecule has 1 aliphatic rings. The number of para-hydroxylation sites is 1. The summed E-state index contributed by atoms with van der Waals surface area (Å²) in [5, 5.41) is 7.13. The Morgan fingerprint density at radius 3 is 2.60 bits per heavy atom. The van der Waals surface area contributed by atoms with Gasteiger partial charge in [0.05, 0.1) is 17.1 Å². The third-order valence-electron chi connectivity index (χ3n) is 5.77. The number of benzene rings is 2. The van der Waals surface area contributed by atoms with Crippen LogP contribution in [0.4, 0.5) is 11.5 Å². The maximum absolute atomic E-state index is 12.4. The lowest BCUT2D eigenvalue weighted by Gasteiger charge is -2.17. The molecule has 7 heteroatoms. The second-order valence-corrected chi connectivity index (χ2v) is 8.51. The van der Waals surface area contributed by atoms with Gasteiger partial charge in [0.1, 0.15) is 12.1 Å². The highest BCUT2D eigenvalue weighted by atomic mass is 16.2. The Kier molecular flexibility index (Phi) is 4.89. The minimum absolute atomic E-state index is 0.0681. The van der Waals surface area contributed by atoms with E-state index in [0.717, 1.165) is 23.1 Å². The predicted molar refractivity (Wildman–Crippen MR) is 117 cm³/mol. The predicted octanol–water partition coefficient (Wildman–Crippen LogP) is 3.89. The number of rotatable bonds is 6. The van der Waals surface area contributed by atoms with Crippen molar-refractivity contribution in [2.75, 3.05) is 10.6 Å². The van der Waals surface area contributed by atoms with Crippen LogP contribution in [0.1, 0.15) is 49.2 Å². The van der Waals surface area contributed by atoms with Crippen molar-refractivity contribution in [2.24, 2.45) is 17.1 Å². The molecule has 4 rings (SSSR count). The minimum Gasteiger partial charge on any atom is -0.366 e. The Morgan fingerprint density at radius 1 is 1.17 bits per heavy atom. The van der Waals surface area contributed by atoms with E-state index in [4.69, 9.17) is 5.73 Å². The molecule has 0 spiro atoms. The highest BCUT2D eigenvalue weighted by Crippen LogP contribution is 2.52. The number of aromatic nitrogens is 2. The molecule has 1 aliphatic carbocycles. The number of fused-ring (bicyclic) bond motifs is 1. The van der Waals surface area contributed by atoms with Crippen LogP contribution in [0.3, 0.4) is 0 Å². The van der Waals surface area contributed by atoms with Crippen LogP contribution in [0.15, 0.2) is 48.8 Å². The van der Waals surface area contributed by atoms with Gasteiger partial charge in [0, 0.05) is 17.0 Å². The van der Waals surface area contributed by atoms with Crippen LogP contribution in [0.25, 0.3) is 10.9 Å². The van der Waals surface area contributed by atoms with Gasteiger partial charge >= 0.3 is 0 Å². The first-order valence-corrected chi connectivity index (χ1v) is 9.97. The average Bonchev–Trinajstić information content (AvgIpc) is 3.36. The molecule has 4 N–H and O–H groups in total. The molecule has 7 nitrogen and oxygen atoms in total. The molecule has 1 heterocycles. The van der Waals surface area contributed by atoms with Crippen LogP contribution in [0, 0.1) is 11.3 Å². The summed E-state index contributed by atoms with van der Waals surface area (Å²) in [6.45, 7) is 6.22. The first-order valence-electron chi connectivity index (χ1n) is 9.97.